The zero-order valence-corrected chi connectivity index (χ0v) is 10.7. The van der Waals surface area contributed by atoms with Crippen molar-refractivity contribution in [1.82, 2.24) is 4.90 Å². The van der Waals surface area contributed by atoms with Crippen molar-refractivity contribution in [2.45, 2.75) is 26.4 Å². The van der Waals surface area contributed by atoms with E-state index in [9.17, 15) is 4.39 Å². The van der Waals surface area contributed by atoms with Gasteiger partial charge in [-0.1, -0.05) is 6.07 Å². The van der Waals surface area contributed by atoms with Crippen molar-refractivity contribution >= 4 is 0 Å². The van der Waals surface area contributed by atoms with Crippen LogP contribution in [0, 0.1) is 5.82 Å². The van der Waals surface area contributed by atoms with Crippen LogP contribution in [0.15, 0.2) is 18.2 Å². The summed E-state index contributed by atoms with van der Waals surface area (Å²) in [4.78, 5) is 2.09. The highest BCUT2D eigenvalue weighted by atomic mass is 19.1. The largest absolute Gasteiger partial charge is 0.491 e. The number of hydrogen-bond acceptors (Lipinski definition) is 3. The van der Waals surface area contributed by atoms with Crippen molar-refractivity contribution in [3.63, 3.8) is 0 Å². The van der Waals surface area contributed by atoms with Crippen molar-refractivity contribution < 1.29 is 9.13 Å². The van der Waals surface area contributed by atoms with Crippen molar-refractivity contribution in [3.8, 4) is 5.75 Å². The standard InChI is InChI=1S/C13H21FN2O/c1-4-17-13-6-5-11(7-12(13)14)9-16(3)10(2)8-15/h5-7,10H,4,8-9,15H2,1-3H3. The molecule has 0 heterocycles. The maximum absolute atomic E-state index is 13.6. The Hall–Kier alpha value is -1.13. The van der Waals surface area contributed by atoms with Crippen LogP contribution in [-0.2, 0) is 6.54 Å². The van der Waals surface area contributed by atoms with E-state index in [4.69, 9.17) is 10.5 Å². The molecule has 2 N–H and O–H groups in total. The van der Waals surface area contributed by atoms with Gasteiger partial charge >= 0.3 is 0 Å². The van der Waals surface area contributed by atoms with Crippen LogP contribution in [0.5, 0.6) is 5.75 Å². The first-order valence-electron chi connectivity index (χ1n) is 5.90. The predicted octanol–water partition coefficient (Wildman–Crippen LogP) is 2.00. The lowest BCUT2D eigenvalue weighted by Crippen LogP contribution is -2.34. The number of rotatable bonds is 6. The van der Waals surface area contributed by atoms with Crippen LogP contribution in [0.1, 0.15) is 19.4 Å². The third-order valence-electron chi connectivity index (χ3n) is 2.82. The fraction of sp³-hybridized carbons (Fsp3) is 0.538. The van der Waals surface area contributed by atoms with Crippen LogP contribution in [0.4, 0.5) is 4.39 Å². The number of halogens is 1. The smallest absolute Gasteiger partial charge is 0.165 e. The first kappa shape index (κ1) is 13.9. The van der Waals surface area contributed by atoms with Gasteiger partial charge in [-0.2, -0.15) is 0 Å². The molecular formula is C13H21FN2O. The molecule has 96 valence electrons. The van der Waals surface area contributed by atoms with Gasteiger partial charge in [0, 0.05) is 19.1 Å². The predicted molar refractivity (Wildman–Crippen MR) is 67.6 cm³/mol. The van der Waals surface area contributed by atoms with Gasteiger partial charge in [0.15, 0.2) is 11.6 Å². The number of nitrogens with zero attached hydrogens (tertiary/aromatic N) is 1. The molecule has 0 amide bonds. The van der Waals surface area contributed by atoms with E-state index < -0.39 is 0 Å². The Morgan fingerprint density at radius 1 is 1.47 bits per heavy atom. The van der Waals surface area contributed by atoms with E-state index in [1.165, 1.54) is 6.07 Å². The molecule has 0 saturated carbocycles. The Morgan fingerprint density at radius 3 is 2.71 bits per heavy atom. The molecular weight excluding hydrogens is 219 g/mol. The lowest BCUT2D eigenvalue weighted by molar-refractivity contribution is 0.254. The van der Waals surface area contributed by atoms with Gasteiger partial charge in [-0.25, -0.2) is 4.39 Å². The fourth-order valence-corrected chi connectivity index (χ4v) is 1.54. The molecule has 0 spiro atoms. The topological polar surface area (TPSA) is 38.5 Å². The van der Waals surface area contributed by atoms with Gasteiger partial charge in [0.05, 0.1) is 6.61 Å². The Morgan fingerprint density at radius 2 is 2.18 bits per heavy atom. The summed E-state index contributed by atoms with van der Waals surface area (Å²) in [7, 11) is 1.98. The van der Waals surface area contributed by atoms with Gasteiger partial charge in [0.2, 0.25) is 0 Å². The summed E-state index contributed by atoms with van der Waals surface area (Å²) < 4.78 is 18.8. The molecule has 1 rings (SSSR count). The van der Waals surface area contributed by atoms with Gasteiger partial charge in [-0.15, -0.1) is 0 Å². The first-order valence-corrected chi connectivity index (χ1v) is 5.90. The average molecular weight is 240 g/mol. The zero-order chi connectivity index (χ0) is 12.8. The highest BCUT2D eigenvalue weighted by Gasteiger charge is 2.09. The Kier molecular flexibility index (Phi) is 5.38. The van der Waals surface area contributed by atoms with Crippen LogP contribution in [0.2, 0.25) is 0 Å². The molecule has 4 heteroatoms. The van der Waals surface area contributed by atoms with E-state index in [1.807, 2.05) is 27.0 Å². The number of ether oxygens (including phenoxy) is 1. The summed E-state index contributed by atoms with van der Waals surface area (Å²) in [5, 5.41) is 0. The summed E-state index contributed by atoms with van der Waals surface area (Å²) in [5.74, 6) is 0.00364. The van der Waals surface area contributed by atoms with Crippen LogP contribution in [-0.4, -0.2) is 31.1 Å². The molecule has 0 bridgehead atoms. The maximum atomic E-state index is 13.6. The molecule has 1 aromatic carbocycles. The van der Waals surface area contributed by atoms with Crippen molar-refractivity contribution in [2.24, 2.45) is 5.73 Å². The molecule has 0 saturated heterocycles. The van der Waals surface area contributed by atoms with E-state index in [-0.39, 0.29) is 11.9 Å². The van der Waals surface area contributed by atoms with Crippen LogP contribution < -0.4 is 10.5 Å². The molecule has 0 aliphatic carbocycles. The minimum absolute atomic E-state index is 0.282. The summed E-state index contributed by atoms with van der Waals surface area (Å²) in [6.07, 6.45) is 0. The molecule has 1 unspecified atom stereocenters. The minimum Gasteiger partial charge on any atom is -0.491 e. The summed E-state index contributed by atoms with van der Waals surface area (Å²) in [6, 6.07) is 5.36. The van der Waals surface area contributed by atoms with Gasteiger partial charge < -0.3 is 10.5 Å². The van der Waals surface area contributed by atoms with Crippen molar-refractivity contribution in [1.29, 1.82) is 0 Å². The third kappa shape index (κ3) is 3.98. The highest BCUT2D eigenvalue weighted by molar-refractivity contribution is 5.29. The molecule has 17 heavy (non-hydrogen) atoms. The monoisotopic (exact) mass is 240 g/mol. The summed E-state index contributed by atoms with van der Waals surface area (Å²) >= 11 is 0. The van der Waals surface area contributed by atoms with Crippen molar-refractivity contribution in [2.75, 3.05) is 20.2 Å². The molecule has 0 aliphatic heterocycles. The normalized spacial score (nSPS) is 12.8. The van der Waals surface area contributed by atoms with Crippen LogP contribution in [0.3, 0.4) is 0 Å². The van der Waals surface area contributed by atoms with E-state index in [2.05, 4.69) is 4.90 Å². The van der Waals surface area contributed by atoms with Gasteiger partial charge in [0.25, 0.3) is 0 Å². The van der Waals surface area contributed by atoms with Crippen molar-refractivity contribution in [3.05, 3.63) is 29.6 Å². The molecule has 0 fully saturated rings. The maximum Gasteiger partial charge on any atom is 0.165 e. The Labute approximate surface area is 102 Å². The number of hydrogen-bond donors (Lipinski definition) is 1. The number of nitrogens with two attached hydrogens (primary N) is 1. The van der Waals surface area contributed by atoms with E-state index in [1.54, 1.807) is 6.07 Å². The molecule has 1 aromatic rings. The second kappa shape index (κ2) is 6.57. The quantitative estimate of drug-likeness (QED) is 0.826. The fourth-order valence-electron chi connectivity index (χ4n) is 1.54. The number of likely N-dealkylation sites (N-methyl/N-ethyl adjacent to an activating group) is 1. The summed E-state index contributed by atoms with van der Waals surface area (Å²) in [6.45, 7) is 5.63. The zero-order valence-electron chi connectivity index (χ0n) is 10.7. The van der Waals surface area contributed by atoms with Gasteiger partial charge in [0.1, 0.15) is 0 Å². The van der Waals surface area contributed by atoms with Crippen LogP contribution >= 0.6 is 0 Å². The minimum atomic E-state index is -0.307. The van der Waals surface area contributed by atoms with E-state index in [0.717, 1.165) is 5.56 Å². The molecule has 3 nitrogen and oxygen atoms in total. The van der Waals surface area contributed by atoms with E-state index >= 15 is 0 Å². The molecule has 0 aromatic heterocycles. The molecule has 1 atom stereocenters. The van der Waals surface area contributed by atoms with Gasteiger partial charge in [-0.3, -0.25) is 4.90 Å². The molecule has 0 radical (unpaired) electrons. The Bertz CT molecular complexity index is 357. The third-order valence-corrected chi connectivity index (χ3v) is 2.82. The lowest BCUT2D eigenvalue weighted by Gasteiger charge is -2.23. The highest BCUT2D eigenvalue weighted by Crippen LogP contribution is 2.19. The molecule has 0 aliphatic rings. The first-order chi connectivity index (χ1) is 8.08. The second-order valence-electron chi connectivity index (χ2n) is 4.20. The summed E-state index contributed by atoms with van der Waals surface area (Å²) in [5.41, 5.74) is 6.51. The number of benzene rings is 1. The van der Waals surface area contributed by atoms with Gasteiger partial charge in [-0.05, 0) is 38.6 Å². The second-order valence-corrected chi connectivity index (χ2v) is 4.20. The SMILES string of the molecule is CCOc1ccc(CN(C)C(C)CN)cc1F. The average Bonchev–Trinajstić information content (AvgIpc) is 2.31. The lowest BCUT2D eigenvalue weighted by atomic mass is 10.1. The van der Waals surface area contributed by atoms with E-state index in [0.29, 0.717) is 25.4 Å². The Balaban J connectivity index is 2.70. The van der Waals surface area contributed by atoms with Crippen LogP contribution in [0.25, 0.3) is 0 Å².